The molecule has 0 saturated carbocycles. The Morgan fingerprint density at radius 3 is 2.70 bits per heavy atom. The van der Waals surface area contributed by atoms with Gasteiger partial charge in [0.15, 0.2) is 0 Å². The van der Waals surface area contributed by atoms with Gasteiger partial charge in [-0.2, -0.15) is 0 Å². The third-order valence-electron chi connectivity index (χ3n) is 4.09. The largest absolute Gasteiger partial charge is 0.398 e. The van der Waals surface area contributed by atoms with Crippen LogP contribution in [0.25, 0.3) is 0 Å². The topological polar surface area (TPSA) is 29.3 Å². The lowest BCUT2D eigenvalue weighted by Gasteiger charge is -2.22. The van der Waals surface area contributed by atoms with Gasteiger partial charge in [-0.15, -0.1) is 0 Å². The van der Waals surface area contributed by atoms with E-state index in [-0.39, 0.29) is 0 Å². The summed E-state index contributed by atoms with van der Waals surface area (Å²) < 4.78 is 0. The minimum Gasteiger partial charge on any atom is -0.398 e. The number of nitrogen functional groups attached to an aromatic ring is 1. The molecule has 2 nitrogen and oxygen atoms in total. The van der Waals surface area contributed by atoms with Crippen molar-refractivity contribution < 1.29 is 0 Å². The normalized spacial score (nSPS) is 19.4. The maximum absolute atomic E-state index is 6.19. The van der Waals surface area contributed by atoms with Crippen LogP contribution in [-0.4, -0.2) is 25.0 Å². The van der Waals surface area contributed by atoms with E-state index in [9.17, 15) is 0 Å². The lowest BCUT2D eigenvalue weighted by atomic mass is 9.88. The number of likely N-dealkylation sites (N-methyl/N-ethyl adjacent to an activating group) is 1. The zero-order valence-electron chi connectivity index (χ0n) is 11.6. The second-order valence-electron chi connectivity index (χ2n) is 5.55. The zero-order chi connectivity index (χ0) is 14.1. The molecule has 1 aliphatic rings. The average molecular weight is 287 g/mol. The molecule has 2 aromatic rings. The number of fused-ring (bicyclic) bond motifs is 1. The van der Waals surface area contributed by atoms with Crippen LogP contribution in [0.15, 0.2) is 42.5 Å². The Morgan fingerprint density at radius 1 is 1.20 bits per heavy atom. The highest BCUT2D eigenvalue weighted by molar-refractivity contribution is 6.33. The molecule has 0 aromatic heterocycles. The number of benzene rings is 2. The zero-order valence-corrected chi connectivity index (χ0v) is 12.4. The molecule has 1 aliphatic heterocycles. The molecule has 1 heterocycles. The van der Waals surface area contributed by atoms with E-state index in [1.54, 1.807) is 0 Å². The number of anilines is 1. The van der Waals surface area contributed by atoms with Crippen molar-refractivity contribution in [1.29, 1.82) is 0 Å². The first kappa shape index (κ1) is 13.5. The van der Waals surface area contributed by atoms with Crippen molar-refractivity contribution in [2.24, 2.45) is 0 Å². The predicted octanol–water partition coefficient (Wildman–Crippen LogP) is 3.54. The molecular weight excluding hydrogens is 268 g/mol. The maximum atomic E-state index is 6.19. The molecule has 0 fully saturated rings. The first-order valence-electron chi connectivity index (χ1n) is 6.96. The molecule has 0 aliphatic carbocycles. The van der Waals surface area contributed by atoms with Crippen molar-refractivity contribution in [3.05, 3.63) is 64.2 Å². The summed E-state index contributed by atoms with van der Waals surface area (Å²) >= 11 is 6.19. The summed E-state index contributed by atoms with van der Waals surface area (Å²) in [6.07, 6.45) is 1.02. The van der Waals surface area contributed by atoms with Gasteiger partial charge in [0.1, 0.15) is 0 Å². The fourth-order valence-electron chi connectivity index (χ4n) is 2.97. The van der Waals surface area contributed by atoms with Gasteiger partial charge in [0, 0.05) is 19.0 Å². The molecule has 0 bridgehead atoms. The molecule has 0 spiro atoms. The van der Waals surface area contributed by atoms with E-state index in [2.05, 4.69) is 48.3 Å². The molecule has 1 atom stereocenters. The number of hydrogen-bond donors (Lipinski definition) is 1. The molecule has 1 unspecified atom stereocenters. The highest BCUT2D eigenvalue weighted by atomic mass is 35.5. The van der Waals surface area contributed by atoms with Crippen molar-refractivity contribution in [3.8, 4) is 0 Å². The van der Waals surface area contributed by atoms with Gasteiger partial charge in [0.25, 0.3) is 0 Å². The Kier molecular flexibility index (Phi) is 3.68. The van der Waals surface area contributed by atoms with Crippen molar-refractivity contribution in [1.82, 2.24) is 4.90 Å². The van der Waals surface area contributed by atoms with E-state index in [1.807, 2.05) is 6.07 Å². The molecule has 0 saturated heterocycles. The second kappa shape index (κ2) is 5.47. The molecule has 0 amide bonds. The molecule has 2 aromatic carbocycles. The Hall–Kier alpha value is -1.51. The summed E-state index contributed by atoms with van der Waals surface area (Å²) in [6, 6.07) is 14.7. The third-order valence-corrected chi connectivity index (χ3v) is 4.42. The lowest BCUT2D eigenvalue weighted by Crippen LogP contribution is -2.24. The molecule has 3 rings (SSSR count). The van der Waals surface area contributed by atoms with Crippen LogP contribution < -0.4 is 5.73 Å². The fourth-order valence-corrected chi connectivity index (χ4v) is 3.16. The highest BCUT2D eigenvalue weighted by Gasteiger charge is 2.23. The Bertz CT molecular complexity index is 610. The number of hydrogen-bond acceptors (Lipinski definition) is 2. The molecule has 2 N–H and O–H groups in total. The van der Waals surface area contributed by atoms with Gasteiger partial charge in [-0.25, -0.2) is 0 Å². The standard InChI is InChI=1S/C17H19ClN2/c1-20-8-7-13-9-16(18)17(19)10-14(13)15(11-20)12-5-3-2-4-6-12/h2-6,9-10,15H,7-8,11,19H2,1H3. The quantitative estimate of drug-likeness (QED) is 0.813. The van der Waals surface area contributed by atoms with Crippen LogP contribution in [0.2, 0.25) is 5.02 Å². The third kappa shape index (κ3) is 2.54. The molecule has 104 valence electrons. The molecule has 3 heteroatoms. The van der Waals surface area contributed by atoms with Gasteiger partial charge >= 0.3 is 0 Å². The number of halogens is 1. The second-order valence-corrected chi connectivity index (χ2v) is 5.96. The Morgan fingerprint density at radius 2 is 1.95 bits per heavy atom. The molecule has 20 heavy (non-hydrogen) atoms. The van der Waals surface area contributed by atoms with E-state index in [0.717, 1.165) is 19.5 Å². The minimum atomic E-state index is 0.360. The predicted molar refractivity (Wildman–Crippen MR) is 85.4 cm³/mol. The highest BCUT2D eigenvalue weighted by Crippen LogP contribution is 2.35. The first-order valence-corrected chi connectivity index (χ1v) is 7.34. The van der Waals surface area contributed by atoms with E-state index >= 15 is 0 Å². The van der Waals surface area contributed by atoms with Crippen LogP contribution in [0.5, 0.6) is 0 Å². The first-order chi connectivity index (χ1) is 9.65. The van der Waals surface area contributed by atoms with Gasteiger partial charge in [0.2, 0.25) is 0 Å². The lowest BCUT2D eigenvalue weighted by molar-refractivity contribution is 0.338. The van der Waals surface area contributed by atoms with Gasteiger partial charge < -0.3 is 10.6 Å². The molecular formula is C17H19ClN2. The van der Waals surface area contributed by atoms with Crippen LogP contribution in [0.1, 0.15) is 22.6 Å². The average Bonchev–Trinajstić information content (AvgIpc) is 2.61. The Balaban J connectivity index is 2.12. The van der Waals surface area contributed by atoms with Gasteiger partial charge in [-0.05, 0) is 42.3 Å². The van der Waals surface area contributed by atoms with E-state index in [4.69, 9.17) is 17.3 Å². The molecule has 0 radical (unpaired) electrons. The summed E-state index contributed by atoms with van der Waals surface area (Å²) in [6.45, 7) is 2.06. The van der Waals surface area contributed by atoms with E-state index in [1.165, 1.54) is 16.7 Å². The van der Waals surface area contributed by atoms with Gasteiger partial charge in [0.05, 0.1) is 10.7 Å². The minimum absolute atomic E-state index is 0.360. The number of nitrogens with two attached hydrogens (primary N) is 1. The summed E-state index contributed by atoms with van der Waals surface area (Å²) in [5.41, 5.74) is 10.7. The number of nitrogens with zero attached hydrogens (tertiary/aromatic N) is 1. The van der Waals surface area contributed by atoms with Crippen LogP contribution in [-0.2, 0) is 6.42 Å². The maximum Gasteiger partial charge on any atom is 0.0638 e. The van der Waals surface area contributed by atoms with E-state index < -0.39 is 0 Å². The smallest absolute Gasteiger partial charge is 0.0638 e. The summed E-state index contributed by atoms with van der Waals surface area (Å²) in [7, 11) is 2.17. The monoisotopic (exact) mass is 286 g/mol. The summed E-state index contributed by atoms with van der Waals surface area (Å²) in [4.78, 5) is 2.38. The van der Waals surface area contributed by atoms with Crippen molar-refractivity contribution in [3.63, 3.8) is 0 Å². The van der Waals surface area contributed by atoms with Crippen LogP contribution >= 0.6 is 11.6 Å². The summed E-state index contributed by atoms with van der Waals surface area (Å²) in [5, 5.41) is 0.667. The van der Waals surface area contributed by atoms with Gasteiger partial charge in [-0.3, -0.25) is 0 Å². The summed E-state index contributed by atoms with van der Waals surface area (Å²) in [5.74, 6) is 0.360. The van der Waals surface area contributed by atoms with Gasteiger partial charge in [-0.1, -0.05) is 41.9 Å². The Labute approximate surface area is 125 Å². The van der Waals surface area contributed by atoms with Crippen molar-refractivity contribution in [2.45, 2.75) is 12.3 Å². The van der Waals surface area contributed by atoms with Crippen LogP contribution in [0, 0.1) is 0 Å². The number of rotatable bonds is 1. The van der Waals surface area contributed by atoms with E-state index in [0.29, 0.717) is 16.6 Å². The van der Waals surface area contributed by atoms with Crippen LogP contribution in [0.3, 0.4) is 0 Å². The SMILES string of the molecule is CN1CCc2cc(Cl)c(N)cc2C(c2ccccc2)C1. The fraction of sp³-hybridized carbons (Fsp3) is 0.294. The van der Waals surface area contributed by atoms with Crippen molar-refractivity contribution >= 4 is 17.3 Å². The van der Waals surface area contributed by atoms with Crippen LogP contribution in [0.4, 0.5) is 5.69 Å². The van der Waals surface area contributed by atoms with Crippen molar-refractivity contribution in [2.75, 3.05) is 25.9 Å².